The molecular weight excluding hydrogens is 242 g/mol. The summed E-state index contributed by atoms with van der Waals surface area (Å²) in [6, 6.07) is 15.5. The van der Waals surface area contributed by atoms with Gasteiger partial charge >= 0.3 is 5.97 Å². The third-order valence-corrected chi connectivity index (χ3v) is 2.67. The molecule has 0 heterocycles. The highest BCUT2D eigenvalue weighted by Gasteiger charge is 2.08. The molecule has 0 aliphatic heterocycles. The van der Waals surface area contributed by atoms with Crippen LogP contribution in [0.2, 0.25) is 0 Å². The Morgan fingerprint density at radius 1 is 0.947 bits per heavy atom. The Labute approximate surface area is 110 Å². The van der Waals surface area contributed by atoms with Crippen LogP contribution in [0, 0.1) is 0 Å². The molecular formula is C15H13NO3. The summed E-state index contributed by atoms with van der Waals surface area (Å²) >= 11 is 0. The summed E-state index contributed by atoms with van der Waals surface area (Å²) in [4.78, 5) is 22.7. The molecule has 0 saturated carbocycles. The molecule has 2 rings (SSSR count). The van der Waals surface area contributed by atoms with Crippen molar-refractivity contribution in [2.24, 2.45) is 0 Å². The molecule has 4 heteroatoms. The van der Waals surface area contributed by atoms with Gasteiger partial charge in [-0.25, -0.2) is 4.79 Å². The van der Waals surface area contributed by atoms with Gasteiger partial charge in [-0.3, -0.25) is 4.79 Å². The number of amides is 1. The van der Waals surface area contributed by atoms with Crippen LogP contribution in [0.5, 0.6) is 0 Å². The zero-order valence-electron chi connectivity index (χ0n) is 10.2. The van der Waals surface area contributed by atoms with Crippen molar-refractivity contribution < 1.29 is 14.7 Å². The Kier molecular flexibility index (Phi) is 3.93. The van der Waals surface area contributed by atoms with Gasteiger partial charge in [-0.2, -0.15) is 0 Å². The predicted octanol–water partition coefficient (Wildman–Crippen LogP) is 2.31. The van der Waals surface area contributed by atoms with E-state index in [0.717, 1.165) is 5.56 Å². The number of carboxylic acid groups (broad SMARTS) is 1. The molecule has 0 aromatic heterocycles. The Morgan fingerprint density at radius 2 is 1.63 bits per heavy atom. The largest absolute Gasteiger partial charge is 0.478 e. The molecule has 0 radical (unpaired) electrons. The third-order valence-electron chi connectivity index (χ3n) is 2.67. The van der Waals surface area contributed by atoms with Crippen molar-refractivity contribution in [3.63, 3.8) is 0 Å². The fourth-order valence-corrected chi connectivity index (χ4v) is 1.67. The second kappa shape index (κ2) is 5.82. The Balaban J connectivity index is 2.04. The highest BCUT2D eigenvalue weighted by molar-refractivity contribution is 5.97. The number of benzene rings is 2. The van der Waals surface area contributed by atoms with E-state index in [0.29, 0.717) is 12.1 Å². The first-order chi connectivity index (χ1) is 9.16. The molecule has 0 unspecified atom stereocenters. The summed E-state index contributed by atoms with van der Waals surface area (Å²) in [5.74, 6) is -1.33. The molecule has 0 spiro atoms. The first-order valence-electron chi connectivity index (χ1n) is 5.82. The molecule has 96 valence electrons. The van der Waals surface area contributed by atoms with E-state index < -0.39 is 5.97 Å². The lowest BCUT2D eigenvalue weighted by Gasteiger charge is -2.06. The van der Waals surface area contributed by atoms with Gasteiger partial charge in [0.1, 0.15) is 0 Å². The number of aromatic carboxylic acids is 1. The van der Waals surface area contributed by atoms with E-state index in [4.69, 9.17) is 5.11 Å². The molecule has 0 fully saturated rings. The Bertz CT molecular complexity index is 593. The van der Waals surface area contributed by atoms with E-state index in [1.165, 1.54) is 12.1 Å². The van der Waals surface area contributed by atoms with Crippen LogP contribution in [0.3, 0.4) is 0 Å². The van der Waals surface area contributed by atoms with Crippen molar-refractivity contribution in [1.29, 1.82) is 0 Å². The summed E-state index contributed by atoms with van der Waals surface area (Å²) in [6.07, 6.45) is 0. The van der Waals surface area contributed by atoms with Gasteiger partial charge < -0.3 is 10.4 Å². The van der Waals surface area contributed by atoms with Gasteiger partial charge in [0.2, 0.25) is 0 Å². The molecule has 19 heavy (non-hydrogen) atoms. The number of rotatable bonds is 4. The smallest absolute Gasteiger partial charge is 0.335 e. The monoisotopic (exact) mass is 255 g/mol. The number of carbonyl (C=O) groups is 2. The van der Waals surface area contributed by atoms with E-state index in [2.05, 4.69) is 5.32 Å². The Hall–Kier alpha value is -2.62. The van der Waals surface area contributed by atoms with Crippen molar-refractivity contribution in [1.82, 2.24) is 5.32 Å². The fraction of sp³-hybridized carbons (Fsp3) is 0.0667. The molecule has 0 atom stereocenters. The molecule has 0 aliphatic rings. The zero-order chi connectivity index (χ0) is 13.7. The lowest BCUT2D eigenvalue weighted by Crippen LogP contribution is -2.23. The SMILES string of the molecule is O=C(O)c1cccc(C(=O)NCc2ccccc2)c1. The maximum atomic E-state index is 11.9. The van der Waals surface area contributed by atoms with Crippen LogP contribution in [0.1, 0.15) is 26.3 Å². The highest BCUT2D eigenvalue weighted by Crippen LogP contribution is 2.06. The molecule has 2 N–H and O–H groups in total. The fourth-order valence-electron chi connectivity index (χ4n) is 1.67. The van der Waals surface area contributed by atoms with Crippen LogP contribution in [-0.2, 0) is 6.54 Å². The van der Waals surface area contributed by atoms with Gasteiger partial charge in [0, 0.05) is 12.1 Å². The number of nitrogens with one attached hydrogen (secondary N) is 1. The topological polar surface area (TPSA) is 66.4 Å². The minimum absolute atomic E-state index is 0.104. The normalized spacial score (nSPS) is 9.89. The van der Waals surface area contributed by atoms with Crippen molar-refractivity contribution in [2.75, 3.05) is 0 Å². The molecule has 4 nitrogen and oxygen atoms in total. The maximum Gasteiger partial charge on any atom is 0.335 e. The summed E-state index contributed by atoms with van der Waals surface area (Å²) in [5.41, 5.74) is 1.44. The average molecular weight is 255 g/mol. The van der Waals surface area contributed by atoms with Crippen molar-refractivity contribution >= 4 is 11.9 Å². The van der Waals surface area contributed by atoms with Crippen LogP contribution in [-0.4, -0.2) is 17.0 Å². The summed E-state index contributed by atoms with van der Waals surface area (Å²) in [5, 5.41) is 11.6. The standard InChI is InChI=1S/C15H13NO3/c17-14(16-10-11-5-2-1-3-6-11)12-7-4-8-13(9-12)15(18)19/h1-9H,10H2,(H,16,17)(H,18,19). The van der Waals surface area contributed by atoms with E-state index in [9.17, 15) is 9.59 Å². The van der Waals surface area contributed by atoms with Crippen molar-refractivity contribution in [3.8, 4) is 0 Å². The van der Waals surface area contributed by atoms with E-state index in [1.807, 2.05) is 30.3 Å². The second-order valence-corrected chi connectivity index (χ2v) is 4.05. The predicted molar refractivity (Wildman–Crippen MR) is 71.0 cm³/mol. The van der Waals surface area contributed by atoms with Gasteiger partial charge in [-0.05, 0) is 23.8 Å². The molecule has 2 aromatic carbocycles. The van der Waals surface area contributed by atoms with Gasteiger partial charge in [0.25, 0.3) is 5.91 Å². The van der Waals surface area contributed by atoms with E-state index in [1.54, 1.807) is 12.1 Å². The van der Waals surface area contributed by atoms with Crippen LogP contribution in [0.25, 0.3) is 0 Å². The number of carboxylic acids is 1. The van der Waals surface area contributed by atoms with Crippen molar-refractivity contribution in [3.05, 3.63) is 71.3 Å². The molecule has 0 saturated heterocycles. The Morgan fingerprint density at radius 3 is 2.32 bits per heavy atom. The van der Waals surface area contributed by atoms with Gasteiger partial charge in [0.15, 0.2) is 0 Å². The van der Waals surface area contributed by atoms with Crippen molar-refractivity contribution in [2.45, 2.75) is 6.54 Å². The van der Waals surface area contributed by atoms with Crippen LogP contribution in [0.4, 0.5) is 0 Å². The molecule has 1 amide bonds. The number of carbonyl (C=O) groups excluding carboxylic acids is 1. The zero-order valence-corrected chi connectivity index (χ0v) is 10.2. The number of hydrogen-bond donors (Lipinski definition) is 2. The second-order valence-electron chi connectivity index (χ2n) is 4.05. The summed E-state index contributed by atoms with van der Waals surface area (Å²) in [7, 11) is 0. The minimum Gasteiger partial charge on any atom is -0.478 e. The van der Waals surface area contributed by atoms with E-state index >= 15 is 0 Å². The van der Waals surface area contributed by atoms with E-state index in [-0.39, 0.29) is 11.5 Å². The minimum atomic E-state index is -1.04. The first kappa shape index (κ1) is 12.8. The maximum absolute atomic E-state index is 11.9. The van der Waals surface area contributed by atoms with Crippen LogP contribution < -0.4 is 5.32 Å². The third kappa shape index (κ3) is 3.42. The van der Waals surface area contributed by atoms with Gasteiger partial charge in [-0.15, -0.1) is 0 Å². The summed E-state index contributed by atoms with van der Waals surface area (Å²) in [6.45, 7) is 0.414. The molecule has 2 aromatic rings. The lowest BCUT2D eigenvalue weighted by molar-refractivity contribution is 0.0697. The quantitative estimate of drug-likeness (QED) is 0.881. The highest BCUT2D eigenvalue weighted by atomic mass is 16.4. The van der Waals surface area contributed by atoms with Gasteiger partial charge in [-0.1, -0.05) is 36.4 Å². The molecule has 0 aliphatic carbocycles. The van der Waals surface area contributed by atoms with Crippen LogP contribution in [0.15, 0.2) is 54.6 Å². The first-order valence-corrected chi connectivity index (χ1v) is 5.82. The lowest BCUT2D eigenvalue weighted by atomic mass is 10.1. The average Bonchev–Trinajstić information content (AvgIpc) is 2.46. The summed E-state index contributed by atoms with van der Waals surface area (Å²) < 4.78 is 0. The number of hydrogen-bond acceptors (Lipinski definition) is 2. The van der Waals surface area contributed by atoms with Gasteiger partial charge in [0.05, 0.1) is 5.56 Å². The molecule has 0 bridgehead atoms. The van der Waals surface area contributed by atoms with Crippen LogP contribution >= 0.6 is 0 Å².